The van der Waals surface area contributed by atoms with E-state index in [4.69, 9.17) is 0 Å². The van der Waals surface area contributed by atoms with Crippen molar-refractivity contribution in [3.8, 4) is 0 Å². The van der Waals surface area contributed by atoms with Crippen LogP contribution in [-0.4, -0.2) is 32.7 Å². The van der Waals surface area contributed by atoms with Crippen molar-refractivity contribution in [1.82, 2.24) is 19.6 Å². The summed E-state index contributed by atoms with van der Waals surface area (Å²) >= 11 is 0. The summed E-state index contributed by atoms with van der Waals surface area (Å²) in [5, 5.41) is 5.81. The van der Waals surface area contributed by atoms with Gasteiger partial charge in [0.05, 0.1) is 24.8 Å². The van der Waals surface area contributed by atoms with Crippen LogP contribution in [0.5, 0.6) is 0 Å². The number of aryl methyl sites for hydroxylation is 1. The van der Waals surface area contributed by atoms with Gasteiger partial charge in [0.2, 0.25) is 5.95 Å². The number of fused-ring (bicyclic) bond motifs is 1. The molecule has 0 spiro atoms. The Bertz CT molecular complexity index is 978. The maximum atomic E-state index is 12.9. The molecule has 0 atom stereocenters. The van der Waals surface area contributed by atoms with E-state index in [-0.39, 0.29) is 23.6 Å². The predicted octanol–water partition coefficient (Wildman–Crippen LogP) is 1.19. The Morgan fingerprint density at radius 2 is 2.04 bits per heavy atom. The first-order valence-corrected chi connectivity index (χ1v) is 7.51. The van der Waals surface area contributed by atoms with E-state index < -0.39 is 11.5 Å². The number of nitrogens with one attached hydrogen (secondary N) is 2. The zero-order chi connectivity index (χ0) is 18.0. The molecule has 8 nitrogen and oxygen atoms in total. The van der Waals surface area contributed by atoms with Crippen LogP contribution < -0.4 is 10.9 Å². The molecule has 3 rings (SSSR count). The van der Waals surface area contributed by atoms with Crippen molar-refractivity contribution in [2.24, 2.45) is 0 Å². The van der Waals surface area contributed by atoms with Crippen molar-refractivity contribution in [3.05, 3.63) is 57.3 Å². The molecule has 0 unspecified atom stereocenters. The Hall–Kier alpha value is -3.23. The largest absolute Gasteiger partial charge is 0.469 e. The number of esters is 1. The van der Waals surface area contributed by atoms with Gasteiger partial charge in [0.1, 0.15) is 5.82 Å². The average molecular weight is 345 g/mol. The van der Waals surface area contributed by atoms with E-state index >= 15 is 0 Å². The van der Waals surface area contributed by atoms with Crippen molar-refractivity contribution in [1.29, 1.82) is 0 Å². The Morgan fingerprint density at radius 1 is 1.32 bits per heavy atom. The molecule has 0 amide bonds. The fourth-order valence-corrected chi connectivity index (χ4v) is 2.34. The first-order valence-electron chi connectivity index (χ1n) is 7.51. The van der Waals surface area contributed by atoms with Gasteiger partial charge in [-0.25, -0.2) is 9.37 Å². The van der Waals surface area contributed by atoms with E-state index in [2.05, 4.69) is 25.1 Å². The Balaban J connectivity index is 1.86. The maximum Gasteiger partial charge on any atom is 0.310 e. The second-order valence-corrected chi connectivity index (χ2v) is 5.42. The van der Waals surface area contributed by atoms with Crippen molar-refractivity contribution in [2.45, 2.75) is 19.9 Å². The van der Waals surface area contributed by atoms with E-state index in [0.717, 1.165) is 10.1 Å². The predicted molar refractivity (Wildman–Crippen MR) is 87.8 cm³/mol. The molecule has 2 heterocycles. The smallest absolute Gasteiger partial charge is 0.310 e. The number of ether oxygens (including phenoxy) is 1. The number of hydrogen-bond acceptors (Lipinski definition) is 6. The van der Waals surface area contributed by atoms with Gasteiger partial charge in [0.15, 0.2) is 0 Å². The zero-order valence-electron chi connectivity index (χ0n) is 13.7. The van der Waals surface area contributed by atoms with Crippen LogP contribution in [-0.2, 0) is 22.5 Å². The summed E-state index contributed by atoms with van der Waals surface area (Å²) in [6, 6.07) is 6.02. The molecule has 0 aliphatic heterocycles. The monoisotopic (exact) mass is 345 g/mol. The van der Waals surface area contributed by atoms with E-state index in [1.807, 2.05) is 0 Å². The number of methoxy groups -OCH3 is 1. The van der Waals surface area contributed by atoms with Gasteiger partial charge in [-0.05, 0) is 24.6 Å². The highest BCUT2D eigenvalue weighted by Gasteiger charge is 2.16. The Morgan fingerprint density at radius 3 is 2.72 bits per heavy atom. The lowest BCUT2D eigenvalue weighted by Gasteiger charge is -2.03. The standard InChI is InChI=1S/C16H16FN5O3/c1-9-12(7-13(23)25-2)14(24)22-16(19-9)20-15(21-22)18-8-10-3-5-11(17)6-4-10/h3-6H,7-8H2,1-2H3,(H2,18,19,20,21). The van der Waals surface area contributed by atoms with Gasteiger partial charge in [0, 0.05) is 6.54 Å². The van der Waals surface area contributed by atoms with E-state index in [0.29, 0.717) is 18.2 Å². The molecular formula is C16H16FN5O3. The molecule has 0 aliphatic rings. The minimum absolute atomic E-state index is 0.158. The second kappa shape index (κ2) is 6.71. The van der Waals surface area contributed by atoms with Gasteiger partial charge in [0.25, 0.3) is 11.3 Å². The van der Waals surface area contributed by atoms with E-state index in [9.17, 15) is 14.0 Å². The third-order valence-corrected chi connectivity index (χ3v) is 3.72. The normalized spacial score (nSPS) is 10.8. The van der Waals surface area contributed by atoms with Gasteiger partial charge in [-0.15, -0.1) is 0 Å². The number of aromatic amines is 1. The van der Waals surface area contributed by atoms with Crippen molar-refractivity contribution >= 4 is 17.7 Å². The van der Waals surface area contributed by atoms with Crippen molar-refractivity contribution < 1.29 is 13.9 Å². The van der Waals surface area contributed by atoms with Gasteiger partial charge in [-0.1, -0.05) is 12.1 Å². The molecule has 0 fully saturated rings. The molecule has 0 bridgehead atoms. The number of H-pyrrole nitrogens is 1. The molecule has 0 saturated carbocycles. The summed E-state index contributed by atoms with van der Waals surface area (Å²) in [6.07, 6.45) is -0.158. The van der Waals surface area contributed by atoms with Crippen LogP contribution in [0.4, 0.5) is 10.3 Å². The first kappa shape index (κ1) is 16.6. The van der Waals surface area contributed by atoms with Gasteiger partial charge in [-0.3, -0.25) is 14.7 Å². The van der Waals surface area contributed by atoms with Crippen LogP contribution in [0.3, 0.4) is 0 Å². The van der Waals surface area contributed by atoms with Gasteiger partial charge in [-0.2, -0.15) is 9.50 Å². The summed E-state index contributed by atoms with van der Waals surface area (Å²) in [7, 11) is 1.26. The van der Waals surface area contributed by atoms with Crippen LogP contribution in [0.2, 0.25) is 0 Å². The SMILES string of the molecule is COC(=O)Cc1c(C)nc2nc(NCc3ccc(F)cc3)[nH]n2c1=O. The van der Waals surface area contributed by atoms with Gasteiger partial charge >= 0.3 is 5.97 Å². The number of nitrogens with zero attached hydrogens (tertiary/aromatic N) is 3. The molecule has 2 aromatic heterocycles. The average Bonchev–Trinajstić information content (AvgIpc) is 3.01. The molecule has 9 heteroatoms. The molecule has 2 N–H and O–H groups in total. The van der Waals surface area contributed by atoms with Crippen LogP contribution in [0, 0.1) is 12.7 Å². The lowest BCUT2D eigenvalue weighted by Crippen LogP contribution is -2.24. The number of benzene rings is 1. The lowest BCUT2D eigenvalue weighted by atomic mass is 10.2. The summed E-state index contributed by atoms with van der Waals surface area (Å²) in [4.78, 5) is 32.4. The molecule has 0 radical (unpaired) electrons. The molecule has 130 valence electrons. The van der Waals surface area contributed by atoms with Crippen LogP contribution >= 0.6 is 0 Å². The summed E-state index contributed by atoms with van der Waals surface area (Å²) in [5.41, 5.74) is 1.12. The van der Waals surface area contributed by atoms with Crippen LogP contribution in [0.1, 0.15) is 16.8 Å². The molecule has 25 heavy (non-hydrogen) atoms. The molecule has 3 aromatic rings. The topological polar surface area (TPSA) is 101 Å². The molecule has 0 aliphatic carbocycles. The summed E-state index contributed by atoms with van der Waals surface area (Å²) < 4.78 is 18.7. The number of carbonyl (C=O) groups excluding carboxylic acids is 1. The van der Waals surface area contributed by atoms with Gasteiger partial charge < -0.3 is 10.1 Å². The highest BCUT2D eigenvalue weighted by atomic mass is 19.1. The highest BCUT2D eigenvalue weighted by Crippen LogP contribution is 2.08. The molecule has 0 saturated heterocycles. The number of halogens is 1. The third-order valence-electron chi connectivity index (χ3n) is 3.72. The quantitative estimate of drug-likeness (QED) is 0.674. The van der Waals surface area contributed by atoms with E-state index in [1.165, 1.54) is 19.2 Å². The molecular weight excluding hydrogens is 329 g/mol. The number of carbonyl (C=O) groups is 1. The summed E-state index contributed by atoms with van der Waals surface area (Å²) in [5.74, 6) is -0.297. The number of rotatable bonds is 5. The Labute approximate surface area is 141 Å². The van der Waals surface area contributed by atoms with E-state index in [1.54, 1.807) is 19.1 Å². The summed E-state index contributed by atoms with van der Waals surface area (Å²) in [6.45, 7) is 2.03. The van der Waals surface area contributed by atoms with Crippen LogP contribution in [0.25, 0.3) is 5.78 Å². The second-order valence-electron chi connectivity index (χ2n) is 5.42. The Kier molecular flexibility index (Phi) is 4.46. The lowest BCUT2D eigenvalue weighted by molar-refractivity contribution is -0.139. The number of hydrogen-bond donors (Lipinski definition) is 2. The highest BCUT2D eigenvalue weighted by molar-refractivity contribution is 5.72. The zero-order valence-corrected chi connectivity index (χ0v) is 13.7. The number of aromatic nitrogens is 4. The molecule has 1 aromatic carbocycles. The number of anilines is 1. The van der Waals surface area contributed by atoms with Crippen LogP contribution in [0.15, 0.2) is 29.1 Å². The van der Waals surface area contributed by atoms with Crippen molar-refractivity contribution in [3.63, 3.8) is 0 Å². The fourth-order valence-electron chi connectivity index (χ4n) is 2.34. The minimum atomic E-state index is -0.517. The third kappa shape index (κ3) is 3.49. The fraction of sp³-hybridized carbons (Fsp3) is 0.250. The first-order chi connectivity index (χ1) is 12.0. The maximum absolute atomic E-state index is 12.9. The van der Waals surface area contributed by atoms with Crippen molar-refractivity contribution in [2.75, 3.05) is 12.4 Å². The minimum Gasteiger partial charge on any atom is -0.469 e.